The van der Waals surface area contributed by atoms with Crippen LogP contribution in [0.15, 0.2) is 71.3 Å². The number of para-hydroxylation sites is 1. The minimum atomic E-state index is -1.07. The van der Waals surface area contributed by atoms with Crippen LogP contribution in [0.1, 0.15) is 12.5 Å². The summed E-state index contributed by atoms with van der Waals surface area (Å²) < 4.78 is 11.3. The third-order valence-corrected chi connectivity index (χ3v) is 6.18. The number of thioether (sulfide) groups is 1. The van der Waals surface area contributed by atoms with Crippen LogP contribution in [-0.4, -0.2) is 43.1 Å². The van der Waals surface area contributed by atoms with Crippen LogP contribution in [0.25, 0.3) is 16.8 Å². The summed E-state index contributed by atoms with van der Waals surface area (Å²) in [6.45, 7) is 4.52. The molecule has 160 valence electrons. The number of carboxylic acid groups (broad SMARTS) is 1. The number of nitrogens with zero attached hydrogens (tertiary/aromatic N) is 1. The lowest BCUT2D eigenvalue weighted by atomic mass is 10.0. The van der Waals surface area contributed by atoms with Gasteiger partial charge in [0.25, 0.3) is 0 Å². The van der Waals surface area contributed by atoms with Gasteiger partial charge in [0.15, 0.2) is 0 Å². The standard InChI is InChI=1S/C25H25NO4S/c1-2-29-23(25(27)28)17-19-7-5-6-18-16-20(10-11-21(18)19)30-14-12-26-13-15-31-24-9-4-3-8-22(24)26/h3-11,16-17H,2,12-15H2,1H3,(H,27,28)/b23-17+. The first-order chi connectivity index (χ1) is 15.2. The van der Waals surface area contributed by atoms with E-state index in [4.69, 9.17) is 9.47 Å². The molecule has 3 aromatic rings. The monoisotopic (exact) mass is 435 g/mol. The first-order valence-electron chi connectivity index (χ1n) is 10.4. The van der Waals surface area contributed by atoms with Crippen molar-refractivity contribution < 1.29 is 19.4 Å². The number of ether oxygens (including phenoxy) is 2. The van der Waals surface area contributed by atoms with Crippen LogP contribution >= 0.6 is 11.8 Å². The highest BCUT2D eigenvalue weighted by Crippen LogP contribution is 2.34. The summed E-state index contributed by atoms with van der Waals surface area (Å²) in [6.07, 6.45) is 1.57. The van der Waals surface area contributed by atoms with Crippen molar-refractivity contribution in [2.75, 3.05) is 37.0 Å². The largest absolute Gasteiger partial charge is 0.492 e. The van der Waals surface area contributed by atoms with Crippen LogP contribution in [0.3, 0.4) is 0 Å². The summed E-state index contributed by atoms with van der Waals surface area (Å²) in [6, 6.07) is 20.2. The molecule has 0 atom stereocenters. The van der Waals surface area contributed by atoms with Crippen molar-refractivity contribution >= 4 is 40.3 Å². The Hall–Kier alpha value is -3.12. The number of aliphatic carboxylic acids is 1. The Morgan fingerprint density at radius 3 is 2.87 bits per heavy atom. The van der Waals surface area contributed by atoms with Gasteiger partial charge in [0.05, 0.1) is 18.8 Å². The highest BCUT2D eigenvalue weighted by molar-refractivity contribution is 7.99. The highest BCUT2D eigenvalue weighted by atomic mass is 32.2. The smallest absolute Gasteiger partial charge is 0.371 e. The molecule has 6 heteroatoms. The maximum Gasteiger partial charge on any atom is 0.371 e. The predicted octanol–water partition coefficient (Wildman–Crippen LogP) is 5.29. The zero-order chi connectivity index (χ0) is 21.6. The van der Waals surface area contributed by atoms with Crippen LogP contribution < -0.4 is 9.64 Å². The molecule has 0 saturated heterocycles. The summed E-state index contributed by atoms with van der Waals surface area (Å²) in [5.41, 5.74) is 2.08. The number of carbonyl (C=O) groups is 1. The van der Waals surface area contributed by atoms with Crippen LogP contribution in [0.5, 0.6) is 5.75 Å². The van der Waals surface area contributed by atoms with Crippen molar-refractivity contribution in [2.45, 2.75) is 11.8 Å². The Labute approximate surface area is 186 Å². The predicted molar refractivity (Wildman–Crippen MR) is 126 cm³/mol. The number of hydrogen-bond donors (Lipinski definition) is 1. The maximum absolute atomic E-state index is 11.4. The molecule has 1 heterocycles. The van der Waals surface area contributed by atoms with E-state index in [0.29, 0.717) is 13.2 Å². The molecule has 0 radical (unpaired) electrons. The molecule has 5 nitrogen and oxygen atoms in total. The van der Waals surface area contributed by atoms with E-state index in [2.05, 4.69) is 29.2 Å². The summed E-state index contributed by atoms with van der Waals surface area (Å²) in [5.74, 6) is 0.756. The van der Waals surface area contributed by atoms with Crippen LogP contribution in [0, 0.1) is 0 Å². The SMILES string of the molecule is CCO/C(=C/c1cccc2cc(OCCN3CCSc4ccccc43)ccc12)C(=O)O. The first kappa shape index (κ1) is 21.1. The Balaban J connectivity index is 1.47. The second-order valence-corrected chi connectivity index (χ2v) is 8.27. The van der Waals surface area contributed by atoms with Gasteiger partial charge in [-0.15, -0.1) is 11.8 Å². The minimum absolute atomic E-state index is 0.0599. The molecule has 0 aromatic heterocycles. The van der Waals surface area contributed by atoms with Crippen LogP contribution in [-0.2, 0) is 9.53 Å². The van der Waals surface area contributed by atoms with E-state index in [1.54, 1.807) is 13.0 Å². The molecule has 1 aliphatic rings. The number of hydrogen-bond acceptors (Lipinski definition) is 5. The average Bonchev–Trinajstić information content (AvgIpc) is 2.79. The van der Waals surface area contributed by atoms with E-state index in [9.17, 15) is 9.90 Å². The van der Waals surface area contributed by atoms with Gasteiger partial charge in [-0.2, -0.15) is 0 Å². The molecule has 4 rings (SSSR count). The number of rotatable bonds is 8. The van der Waals surface area contributed by atoms with E-state index >= 15 is 0 Å². The Morgan fingerprint density at radius 1 is 1.16 bits per heavy atom. The van der Waals surface area contributed by atoms with Gasteiger partial charge in [-0.05, 0) is 53.6 Å². The quantitative estimate of drug-likeness (QED) is 0.383. The van der Waals surface area contributed by atoms with Gasteiger partial charge in [-0.3, -0.25) is 0 Å². The number of benzene rings is 3. The molecule has 0 fully saturated rings. The molecule has 0 amide bonds. The summed E-state index contributed by atoms with van der Waals surface area (Å²) in [7, 11) is 0. The molecule has 0 saturated carbocycles. The minimum Gasteiger partial charge on any atom is -0.492 e. The second kappa shape index (κ2) is 9.79. The van der Waals surface area contributed by atoms with Gasteiger partial charge in [0.2, 0.25) is 5.76 Å². The molecule has 0 spiro atoms. The molecule has 1 aliphatic heterocycles. The van der Waals surface area contributed by atoms with Gasteiger partial charge in [0.1, 0.15) is 12.4 Å². The summed E-state index contributed by atoms with van der Waals surface area (Å²) >= 11 is 1.90. The maximum atomic E-state index is 11.4. The molecule has 0 aliphatic carbocycles. The lowest BCUT2D eigenvalue weighted by Gasteiger charge is -2.30. The van der Waals surface area contributed by atoms with Crippen molar-refractivity contribution in [3.8, 4) is 5.75 Å². The van der Waals surface area contributed by atoms with Crippen molar-refractivity contribution in [2.24, 2.45) is 0 Å². The summed E-state index contributed by atoms with van der Waals surface area (Å²) in [4.78, 5) is 15.1. The van der Waals surface area contributed by atoms with Crippen molar-refractivity contribution in [3.05, 3.63) is 72.0 Å². The Morgan fingerprint density at radius 2 is 2.03 bits per heavy atom. The van der Waals surface area contributed by atoms with E-state index in [1.165, 1.54) is 10.6 Å². The molecular weight excluding hydrogens is 410 g/mol. The van der Waals surface area contributed by atoms with Gasteiger partial charge >= 0.3 is 5.97 Å². The van der Waals surface area contributed by atoms with Gasteiger partial charge < -0.3 is 19.5 Å². The summed E-state index contributed by atoms with van der Waals surface area (Å²) in [5, 5.41) is 11.3. The van der Waals surface area contributed by atoms with E-state index < -0.39 is 5.97 Å². The van der Waals surface area contributed by atoms with E-state index in [0.717, 1.165) is 40.9 Å². The normalized spacial score (nSPS) is 13.7. The van der Waals surface area contributed by atoms with Crippen LogP contribution in [0.4, 0.5) is 5.69 Å². The number of fused-ring (bicyclic) bond motifs is 2. The number of anilines is 1. The highest BCUT2D eigenvalue weighted by Gasteiger charge is 2.16. The van der Waals surface area contributed by atoms with Crippen molar-refractivity contribution in [3.63, 3.8) is 0 Å². The molecule has 3 aromatic carbocycles. The zero-order valence-corrected chi connectivity index (χ0v) is 18.2. The van der Waals surface area contributed by atoms with Crippen LogP contribution in [0.2, 0.25) is 0 Å². The van der Waals surface area contributed by atoms with Crippen molar-refractivity contribution in [1.82, 2.24) is 0 Å². The molecule has 0 unspecified atom stereocenters. The number of carboxylic acids is 1. The zero-order valence-electron chi connectivity index (χ0n) is 17.4. The van der Waals surface area contributed by atoms with Gasteiger partial charge in [0, 0.05) is 17.2 Å². The van der Waals surface area contributed by atoms with Gasteiger partial charge in [-0.25, -0.2) is 4.79 Å². The topological polar surface area (TPSA) is 59.0 Å². The fourth-order valence-corrected chi connectivity index (χ4v) is 4.75. The average molecular weight is 436 g/mol. The molecular formula is C25H25NO4S. The third-order valence-electron chi connectivity index (χ3n) is 5.14. The second-order valence-electron chi connectivity index (χ2n) is 7.13. The fourth-order valence-electron chi connectivity index (χ4n) is 3.70. The Bertz CT molecular complexity index is 1110. The third kappa shape index (κ3) is 4.97. The fraction of sp³-hybridized carbons (Fsp3) is 0.240. The van der Waals surface area contributed by atoms with E-state index in [-0.39, 0.29) is 5.76 Å². The van der Waals surface area contributed by atoms with Gasteiger partial charge in [-0.1, -0.05) is 36.4 Å². The van der Waals surface area contributed by atoms with Crippen molar-refractivity contribution in [1.29, 1.82) is 0 Å². The molecule has 31 heavy (non-hydrogen) atoms. The molecule has 1 N–H and O–H groups in total. The lowest BCUT2D eigenvalue weighted by Crippen LogP contribution is -2.33. The Kier molecular flexibility index (Phi) is 6.67. The van der Waals surface area contributed by atoms with E-state index in [1.807, 2.05) is 48.2 Å². The lowest BCUT2D eigenvalue weighted by molar-refractivity contribution is -0.136. The first-order valence-corrected chi connectivity index (χ1v) is 11.3. The molecule has 0 bridgehead atoms.